The first-order valence-corrected chi connectivity index (χ1v) is 7.72. The Labute approximate surface area is 142 Å². The van der Waals surface area contributed by atoms with E-state index < -0.39 is 0 Å². The molecule has 2 aliphatic heterocycles. The zero-order chi connectivity index (χ0) is 16.8. The molecule has 0 spiro atoms. The molecule has 2 aromatic carbocycles. The van der Waals surface area contributed by atoms with Gasteiger partial charge in [0.15, 0.2) is 11.3 Å². The van der Waals surface area contributed by atoms with E-state index in [9.17, 15) is 4.79 Å². The molecule has 0 aromatic heterocycles. The van der Waals surface area contributed by atoms with Crippen LogP contribution in [0.25, 0.3) is 28.1 Å². The van der Waals surface area contributed by atoms with Crippen LogP contribution in [0.4, 0.5) is 0 Å². The fourth-order valence-electron chi connectivity index (χ4n) is 2.74. The molecule has 0 atom stereocenters. The summed E-state index contributed by atoms with van der Waals surface area (Å²) in [6.45, 7) is 1.90. The van der Waals surface area contributed by atoms with Crippen LogP contribution in [0, 0.1) is 6.92 Å². The lowest BCUT2D eigenvalue weighted by molar-refractivity contribution is 0.409. The largest absolute Gasteiger partial charge is 0.493 e. The van der Waals surface area contributed by atoms with Crippen molar-refractivity contribution >= 4 is 22.6 Å². The monoisotopic (exact) mass is 340 g/mol. The standard InChI is InChI=1S/C18H13ClN2O3/c1-10-6-7-12(19)9-14(10)21-18(22)13-8-11-4-3-5-15(23-2)16(11)24-17(13)20-21/h3-9H,1-2H3. The van der Waals surface area contributed by atoms with Crippen LogP contribution in [-0.4, -0.2) is 16.9 Å². The second-order valence-electron chi connectivity index (χ2n) is 5.49. The maximum Gasteiger partial charge on any atom is 0.284 e. The minimum absolute atomic E-state index is 0.246. The van der Waals surface area contributed by atoms with Gasteiger partial charge in [0, 0.05) is 10.4 Å². The van der Waals surface area contributed by atoms with Crippen molar-refractivity contribution in [3.63, 3.8) is 0 Å². The van der Waals surface area contributed by atoms with Crippen molar-refractivity contribution in [3.8, 4) is 22.9 Å². The van der Waals surface area contributed by atoms with E-state index in [-0.39, 0.29) is 11.4 Å². The molecule has 5 nitrogen and oxygen atoms in total. The van der Waals surface area contributed by atoms with Crippen LogP contribution in [0.1, 0.15) is 5.56 Å². The van der Waals surface area contributed by atoms with Crippen molar-refractivity contribution in [1.29, 1.82) is 0 Å². The predicted molar refractivity (Wildman–Crippen MR) is 92.5 cm³/mol. The average molecular weight is 341 g/mol. The van der Waals surface area contributed by atoms with Gasteiger partial charge in [0.2, 0.25) is 5.89 Å². The molecule has 24 heavy (non-hydrogen) atoms. The third-order valence-electron chi connectivity index (χ3n) is 3.97. The second-order valence-corrected chi connectivity index (χ2v) is 5.93. The highest BCUT2D eigenvalue weighted by Crippen LogP contribution is 2.31. The lowest BCUT2D eigenvalue weighted by Gasteiger charge is -2.05. The average Bonchev–Trinajstić information content (AvgIpc) is 2.90. The minimum atomic E-state index is -0.246. The number of methoxy groups -OCH3 is 1. The molecular weight excluding hydrogens is 328 g/mol. The van der Waals surface area contributed by atoms with Gasteiger partial charge in [-0.2, -0.15) is 4.68 Å². The van der Waals surface area contributed by atoms with Crippen LogP contribution in [0.5, 0.6) is 5.75 Å². The normalized spacial score (nSPS) is 11.3. The molecule has 0 bridgehead atoms. The molecule has 0 radical (unpaired) electrons. The molecule has 0 saturated heterocycles. The Balaban J connectivity index is 2.05. The van der Waals surface area contributed by atoms with Crippen LogP contribution in [-0.2, 0) is 0 Å². The molecule has 0 aliphatic carbocycles. The number of para-hydroxylation sites is 1. The quantitative estimate of drug-likeness (QED) is 0.552. The van der Waals surface area contributed by atoms with Gasteiger partial charge in [0.1, 0.15) is 5.56 Å². The summed E-state index contributed by atoms with van der Waals surface area (Å²) < 4.78 is 12.5. The summed E-state index contributed by atoms with van der Waals surface area (Å²) in [7, 11) is 1.57. The summed E-state index contributed by atoms with van der Waals surface area (Å²) in [5, 5.41) is 5.65. The number of nitrogens with zero attached hydrogens (tertiary/aromatic N) is 2. The molecule has 120 valence electrons. The van der Waals surface area contributed by atoms with Crippen molar-refractivity contribution in [3.05, 3.63) is 63.4 Å². The van der Waals surface area contributed by atoms with E-state index in [1.54, 1.807) is 31.4 Å². The van der Waals surface area contributed by atoms with Crippen molar-refractivity contribution in [1.82, 2.24) is 9.78 Å². The molecule has 2 aliphatic rings. The molecule has 0 saturated carbocycles. The fraction of sp³-hybridized carbons (Fsp3) is 0.111. The van der Waals surface area contributed by atoms with Gasteiger partial charge in [-0.3, -0.25) is 4.79 Å². The lowest BCUT2D eigenvalue weighted by Crippen LogP contribution is -2.15. The Bertz CT molecular complexity index is 1100. The van der Waals surface area contributed by atoms with Gasteiger partial charge in [-0.1, -0.05) is 29.8 Å². The molecular formula is C18H13ClN2O3. The number of fused-ring (bicyclic) bond motifs is 2. The highest BCUT2D eigenvalue weighted by Gasteiger charge is 2.21. The zero-order valence-corrected chi connectivity index (χ0v) is 13.8. The van der Waals surface area contributed by atoms with Gasteiger partial charge in [0.05, 0.1) is 12.8 Å². The van der Waals surface area contributed by atoms with Crippen molar-refractivity contribution in [2.24, 2.45) is 0 Å². The van der Waals surface area contributed by atoms with Gasteiger partial charge in [-0.05, 0) is 36.8 Å². The molecule has 2 heterocycles. The van der Waals surface area contributed by atoms with Gasteiger partial charge in [-0.15, -0.1) is 5.10 Å². The first-order valence-electron chi connectivity index (χ1n) is 7.34. The number of aromatic nitrogens is 2. The molecule has 0 fully saturated rings. The van der Waals surface area contributed by atoms with E-state index in [0.29, 0.717) is 27.6 Å². The van der Waals surface area contributed by atoms with E-state index in [1.807, 2.05) is 25.1 Å². The molecule has 2 aromatic rings. The highest BCUT2D eigenvalue weighted by atomic mass is 35.5. The van der Waals surface area contributed by atoms with E-state index in [4.69, 9.17) is 20.8 Å². The number of rotatable bonds is 2. The summed E-state index contributed by atoms with van der Waals surface area (Å²) in [4.78, 5) is 12.8. The Morgan fingerprint density at radius 2 is 2.04 bits per heavy atom. The molecule has 4 rings (SSSR count). The third-order valence-corrected chi connectivity index (χ3v) is 4.21. The number of hydrogen-bond donors (Lipinski definition) is 0. The van der Waals surface area contributed by atoms with Crippen LogP contribution in [0.2, 0.25) is 5.02 Å². The minimum Gasteiger partial charge on any atom is -0.493 e. The highest BCUT2D eigenvalue weighted by molar-refractivity contribution is 6.30. The third kappa shape index (κ3) is 2.17. The Kier molecular flexibility index (Phi) is 3.32. The molecule has 0 unspecified atom stereocenters. The summed E-state index contributed by atoms with van der Waals surface area (Å²) in [6, 6.07) is 12.6. The number of halogens is 1. The molecule has 6 heteroatoms. The summed E-state index contributed by atoms with van der Waals surface area (Å²) in [5.41, 5.74) is 2.25. The first kappa shape index (κ1) is 14.8. The van der Waals surface area contributed by atoms with E-state index in [1.165, 1.54) is 4.68 Å². The zero-order valence-electron chi connectivity index (χ0n) is 13.0. The van der Waals surface area contributed by atoms with E-state index in [2.05, 4.69) is 5.10 Å². The maximum atomic E-state index is 12.8. The maximum absolute atomic E-state index is 12.8. The van der Waals surface area contributed by atoms with Crippen LogP contribution in [0.15, 0.2) is 51.7 Å². The van der Waals surface area contributed by atoms with Crippen molar-refractivity contribution in [2.75, 3.05) is 7.11 Å². The number of hydrogen-bond acceptors (Lipinski definition) is 4. The topological polar surface area (TPSA) is 57.3 Å². The summed E-state index contributed by atoms with van der Waals surface area (Å²) >= 11 is 6.06. The van der Waals surface area contributed by atoms with Crippen LogP contribution >= 0.6 is 11.6 Å². The van der Waals surface area contributed by atoms with E-state index >= 15 is 0 Å². The van der Waals surface area contributed by atoms with Gasteiger partial charge in [0.25, 0.3) is 5.56 Å². The Morgan fingerprint density at radius 3 is 2.83 bits per heavy atom. The van der Waals surface area contributed by atoms with Gasteiger partial charge < -0.3 is 9.15 Å². The summed E-state index contributed by atoms with van der Waals surface area (Å²) in [6.07, 6.45) is 0. The Hall–Kier alpha value is -2.79. The summed E-state index contributed by atoms with van der Waals surface area (Å²) in [5.74, 6) is 0.853. The smallest absolute Gasteiger partial charge is 0.284 e. The van der Waals surface area contributed by atoms with Crippen molar-refractivity contribution < 1.29 is 9.15 Å². The Morgan fingerprint density at radius 1 is 1.21 bits per heavy atom. The number of aryl methyl sites for hydroxylation is 1. The molecule has 0 N–H and O–H groups in total. The fourth-order valence-corrected chi connectivity index (χ4v) is 2.90. The number of benzene rings is 2. The van der Waals surface area contributed by atoms with Gasteiger partial charge >= 0.3 is 0 Å². The second kappa shape index (κ2) is 5.39. The van der Waals surface area contributed by atoms with Crippen LogP contribution < -0.4 is 10.3 Å². The molecule has 0 amide bonds. The SMILES string of the molecule is COc1cccc2cc3c(=O)n(-c4cc(Cl)ccc4C)nc-3oc12. The first-order chi connectivity index (χ1) is 11.6. The predicted octanol–water partition coefficient (Wildman–Crippen LogP) is 4.05. The van der Waals surface area contributed by atoms with Crippen molar-refractivity contribution in [2.45, 2.75) is 6.92 Å². The number of ether oxygens (including phenoxy) is 1. The van der Waals surface area contributed by atoms with E-state index in [0.717, 1.165) is 10.9 Å². The van der Waals surface area contributed by atoms with Gasteiger partial charge in [-0.25, -0.2) is 0 Å². The van der Waals surface area contributed by atoms with Crippen LogP contribution in [0.3, 0.4) is 0 Å². The lowest BCUT2D eigenvalue weighted by atomic mass is 10.1.